The van der Waals surface area contributed by atoms with Gasteiger partial charge in [0.2, 0.25) is 0 Å². The van der Waals surface area contributed by atoms with E-state index in [9.17, 15) is 14.4 Å². The molecule has 0 fully saturated rings. The minimum Gasteiger partial charge on any atom is -0.478 e. The van der Waals surface area contributed by atoms with Crippen LogP contribution in [0.1, 0.15) is 20.7 Å². The second-order valence-electron chi connectivity index (χ2n) is 4.90. The Morgan fingerprint density at radius 3 is 2.16 bits per heavy atom. The van der Waals surface area contributed by atoms with Gasteiger partial charge in [-0.3, -0.25) is 4.79 Å². The quantitative estimate of drug-likeness (QED) is 0.550. The first-order valence-corrected chi connectivity index (χ1v) is 7.26. The Balaban J connectivity index is 2.13. The molecule has 0 atom stereocenters. The van der Waals surface area contributed by atoms with E-state index in [-0.39, 0.29) is 11.3 Å². The zero-order chi connectivity index (χ0) is 18.2. The molecule has 0 saturated heterocycles. The maximum Gasteiger partial charge on any atom is 0.356 e. The van der Waals surface area contributed by atoms with Crippen molar-refractivity contribution in [1.82, 2.24) is 5.32 Å². The molecule has 3 N–H and O–H groups in total. The zero-order valence-corrected chi connectivity index (χ0v) is 13.4. The highest BCUT2D eigenvalue weighted by Gasteiger charge is 2.14. The maximum atomic E-state index is 12.2. The topological polar surface area (TPSA) is 105 Å². The molecule has 0 spiro atoms. The second-order valence-corrected chi connectivity index (χ2v) is 4.90. The summed E-state index contributed by atoms with van der Waals surface area (Å²) >= 11 is 0. The maximum absolute atomic E-state index is 12.2. The molecule has 0 aliphatic rings. The minimum absolute atomic E-state index is 0.0846. The molecule has 128 valence electrons. The minimum atomic E-state index is -1.03. The van der Waals surface area contributed by atoms with E-state index in [1.807, 2.05) is 0 Å². The van der Waals surface area contributed by atoms with E-state index in [4.69, 9.17) is 5.11 Å². The monoisotopic (exact) mass is 340 g/mol. The van der Waals surface area contributed by atoms with E-state index >= 15 is 0 Å². The fourth-order valence-corrected chi connectivity index (χ4v) is 1.90. The van der Waals surface area contributed by atoms with Crippen molar-refractivity contribution in [2.24, 2.45) is 0 Å². The third-order valence-electron chi connectivity index (χ3n) is 3.20. The number of carbonyl (C=O) groups excluding carboxylic acids is 2. The van der Waals surface area contributed by atoms with E-state index in [1.165, 1.54) is 37.6 Å². The van der Waals surface area contributed by atoms with Gasteiger partial charge in [-0.2, -0.15) is 0 Å². The Morgan fingerprint density at radius 2 is 1.60 bits per heavy atom. The molecule has 0 unspecified atom stereocenters. The Labute approximate surface area is 143 Å². The third kappa shape index (κ3) is 4.93. The molecule has 0 radical (unpaired) electrons. The van der Waals surface area contributed by atoms with Gasteiger partial charge in [0.15, 0.2) is 0 Å². The largest absolute Gasteiger partial charge is 0.478 e. The number of ether oxygens (including phenoxy) is 1. The zero-order valence-electron chi connectivity index (χ0n) is 13.4. The average Bonchev–Trinajstić information content (AvgIpc) is 2.65. The molecule has 0 aromatic heterocycles. The van der Waals surface area contributed by atoms with E-state index in [2.05, 4.69) is 15.4 Å². The van der Waals surface area contributed by atoms with Gasteiger partial charge in [0.1, 0.15) is 5.70 Å². The first-order chi connectivity index (χ1) is 12.0. The number of carbonyl (C=O) groups is 3. The van der Waals surface area contributed by atoms with Gasteiger partial charge in [-0.05, 0) is 36.4 Å². The summed E-state index contributed by atoms with van der Waals surface area (Å²) in [7, 11) is 1.20. The Morgan fingerprint density at radius 1 is 0.960 bits per heavy atom. The van der Waals surface area contributed by atoms with Gasteiger partial charge >= 0.3 is 11.9 Å². The number of nitrogens with one attached hydrogen (secondary N) is 2. The van der Waals surface area contributed by atoms with Crippen LogP contribution in [0.25, 0.3) is 0 Å². The summed E-state index contributed by atoms with van der Waals surface area (Å²) in [5.74, 6) is -2.22. The van der Waals surface area contributed by atoms with Crippen LogP contribution < -0.4 is 10.6 Å². The fourth-order valence-electron chi connectivity index (χ4n) is 1.90. The highest BCUT2D eigenvalue weighted by Crippen LogP contribution is 2.10. The number of anilines is 1. The summed E-state index contributed by atoms with van der Waals surface area (Å²) in [4.78, 5) is 34.8. The van der Waals surface area contributed by atoms with Crippen molar-refractivity contribution in [3.05, 3.63) is 77.6 Å². The number of benzene rings is 2. The molecule has 0 bridgehead atoms. The summed E-state index contributed by atoms with van der Waals surface area (Å²) < 4.78 is 4.65. The molecule has 7 heteroatoms. The van der Waals surface area contributed by atoms with Gasteiger partial charge in [0.25, 0.3) is 5.91 Å². The van der Waals surface area contributed by atoms with Gasteiger partial charge in [0, 0.05) is 17.5 Å². The molecular formula is C18H16N2O5. The first kappa shape index (κ1) is 17.7. The van der Waals surface area contributed by atoms with Crippen LogP contribution in [0.5, 0.6) is 0 Å². The van der Waals surface area contributed by atoms with Crippen LogP contribution in [0.3, 0.4) is 0 Å². The van der Waals surface area contributed by atoms with Crippen molar-refractivity contribution in [1.29, 1.82) is 0 Å². The van der Waals surface area contributed by atoms with Crippen LogP contribution in [0.15, 0.2) is 66.5 Å². The van der Waals surface area contributed by atoms with Crippen LogP contribution in [-0.4, -0.2) is 30.1 Å². The molecule has 0 aliphatic heterocycles. The Hall–Kier alpha value is -3.61. The van der Waals surface area contributed by atoms with Gasteiger partial charge in [-0.25, -0.2) is 9.59 Å². The fraction of sp³-hybridized carbons (Fsp3) is 0.0556. The van der Waals surface area contributed by atoms with Gasteiger partial charge in [-0.1, -0.05) is 18.2 Å². The second kappa shape index (κ2) is 8.30. The lowest BCUT2D eigenvalue weighted by Gasteiger charge is -2.09. The van der Waals surface area contributed by atoms with E-state index in [0.29, 0.717) is 11.3 Å². The van der Waals surface area contributed by atoms with Crippen LogP contribution >= 0.6 is 0 Å². The number of esters is 1. The molecule has 1 amide bonds. The van der Waals surface area contributed by atoms with Crippen LogP contribution in [-0.2, 0) is 9.53 Å². The summed E-state index contributed by atoms with van der Waals surface area (Å²) in [5, 5.41) is 14.2. The molecule has 0 saturated carbocycles. The number of hydrogen-bond acceptors (Lipinski definition) is 5. The van der Waals surface area contributed by atoms with Crippen molar-refractivity contribution in [3.8, 4) is 0 Å². The summed E-state index contributed by atoms with van der Waals surface area (Å²) in [5.41, 5.74) is 0.988. The summed E-state index contributed by atoms with van der Waals surface area (Å²) in [6.45, 7) is 0. The molecule has 0 heterocycles. The average molecular weight is 340 g/mol. The molecule has 25 heavy (non-hydrogen) atoms. The van der Waals surface area contributed by atoms with Gasteiger partial charge < -0.3 is 20.5 Å². The summed E-state index contributed by atoms with van der Waals surface area (Å²) in [6.07, 6.45) is 1.28. The van der Waals surface area contributed by atoms with Gasteiger partial charge in [0.05, 0.1) is 12.7 Å². The number of hydrogen-bond donors (Lipinski definition) is 3. The number of carboxylic acid groups (broad SMARTS) is 1. The highest BCUT2D eigenvalue weighted by molar-refractivity contribution is 6.01. The highest BCUT2D eigenvalue weighted by atomic mass is 16.5. The third-order valence-corrected chi connectivity index (χ3v) is 3.20. The standard InChI is InChI=1S/C18H16N2O5/c1-25-18(24)15(20-16(21)12-5-3-2-4-6-12)11-19-14-9-7-13(8-10-14)17(22)23/h2-11,19H,1H3,(H,20,21)(H,22,23)/b15-11-. The predicted molar refractivity (Wildman–Crippen MR) is 91.0 cm³/mol. The van der Waals surface area contributed by atoms with Gasteiger partial charge in [-0.15, -0.1) is 0 Å². The number of rotatable bonds is 6. The van der Waals surface area contributed by atoms with Crippen LogP contribution in [0.4, 0.5) is 5.69 Å². The van der Waals surface area contributed by atoms with E-state index in [1.54, 1.807) is 30.3 Å². The van der Waals surface area contributed by atoms with E-state index in [0.717, 1.165) is 0 Å². The normalized spacial score (nSPS) is 10.7. The smallest absolute Gasteiger partial charge is 0.356 e. The number of aromatic carboxylic acids is 1. The van der Waals surface area contributed by atoms with Crippen molar-refractivity contribution >= 4 is 23.5 Å². The lowest BCUT2D eigenvalue weighted by Crippen LogP contribution is -2.28. The van der Waals surface area contributed by atoms with Crippen molar-refractivity contribution in [2.45, 2.75) is 0 Å². The Bertz CT molecular complexity index is 798. The SMILES string of the molecule is COC(=O)/C(=C/Nc1ccc(C(=O)O)cc1)NC(=O)c1ccccc1. The molecule has 2 aromatic rings. The van der Waals surface area contributed by atoms with Crippen LogP contribution in [0, 0.1) is 0 Å². The summed E-state index contributed by atoms with van der Waals surface area (Å²) in [6, 6.07) is 14.3. The first-order valence-electron chi connectivity index (χ1n) is 7.26. The molecule has 2 aromatic carbocycles. The Kier molecular flexibility index (Phi) is 5.89. The van der Waals surface area contributed by atoms with Crippen molar-refractivity contribution < 1.29 is 24.2 Å². The van der Waals surface area contributed by atoms with E-state index < -0.39 is 17.8 Å². The number of methoxy groups -OCH3 is 1. The van der Waals surface area contributed by atoms with Crippen molar-refractivity contribution in [2.75, 3.05) is 12.4 Å². The van der Waals surface area contributed by atoms with Crippen molar-refractivity contribution in [3.63, 3.8) is 0 Å². The predicted octanol–water partition coefficient (Wildman–Crippen LogP) is 2.24. The lowest BCUT2D eigenvalue weighted by molar-refractivity contribution is -0.136. The number of carboxylic acids is 1. The van der Waals surface area contributed by atoms with Crippen LogP contribution in [0.2, 0.25) is 0 Å². The molecular weight excluding hydrogens is 324 g/mol. The number of amides is 1. The molecule has 2 rings (SSSR count). The molecule has 0 aliphatic carbocycles. The lowest BCUT2D eigenvalue weighted by atomic mass is 10.2. The molecule has 7 nitrogen and oxygen atoms in total.